The zero-order valence-electron chi connectivity index (χ0n) is 12.4. The lowest BCUT2D eigenvalue weighted by Crippen LogP contribution is -2.46. The van der Waals surface area contributed by atoms with Crippen LogP contribution in [0.2, 0.25) is 10.0 Å². The highest BCUT2D eigenvalue weighted by molar-refractivity contribution is 6.35. The van der Waals surface area contributed by atoms with Crippen LogP contribution in [0.1, 0.15) is 0 Å². The Morgan fingerprint density at radius 1 is 0.870 bits per heavy atom. The summed E-state index contributed by atoms with van der Waals surface area (Å²) in [5.41, 5.74) is 1.89. The van der Waals surface area contributed by atoms with Gasteiger partial charge in [0, 0.05) is 41.9 Å². The largest absolute Gasteiger partial charge is 0.368 e. The number of rotatable bonds is 2. The van der Waals surface area contributed by atoms with Crippen molar-refractivity contribution in [2.75, 3.05) is 36.0 Å². The fourth-order valence-corrected chi connectivity index (χ4v) is 3.51. The highest BCUT2D eigenvalue weighted by atomic mass is 35.5. The number of fused-ring (bicyclic) bond motifs is 1. The Labute approximate surface area is 144 Å². The monoisotopic (exact) mass is 347 g/mol. The molecule has 1 aliphatic heterocycles. The Kier molecular flexibility index (Phi) is 3.79. The molecule has 1 saturated heterocycles. The highest BCUT2D eigenvalue weighted by Crippen LogP contribution is 2.29. The molecular weight excluding hydrogens is 333 g/mol. The topological polar surface area (TPSA) is 32.5 Å². The van der Waals surface area contributed by atoms with E-state index < -0.39 is 0 Å². The van der Waals surface area contributed by atoms with E-state index in [1.165, 1.54) is 0 Å². The van der Waals surface area contributed by atoms with Crippen LogP contribution in [0.4, 0.5) is 11.5 Å². The molecule has 0 spiro atoms. The van der Waals surface area contributed by atoms with E-state index in [1.54, 1.807) is 6.07 Å². The van der Waals surface area contributed by atoms with E-state index in [9.17, 15) is 0 Å². The maximum absolute atomic E-state index is 6.10. The zero-order chi connectivity index (χ0) is 15.8. The van der Waals surface area contributed by atoms with Crippen LogP contribution in [0.15, 0.2) is 47.0 Å². The minimum absolute atomic E-state index is 0.664. The summed E-state index contributed by atoms with van der Waals surface area (Å²) in [6.45, 7) is 3.52. The number of hydrogen-bond donors (Lipinski definition) is 0. The van der Waals surface area contributed by atoms with Gasteiger partial charge in [-0.25, -0.2) is 0 Å². The number of aromatic nitrogens is 1. The van der Waals surface area contributed by atoms with Gasteiger partial charge in [-0.15, -0.1) is 0 Å². The van der Waals surface area contributed by atoms with Gasteiger partial charge in [0.1, 0.15) is 0 Å². The average molecular weight is 348 g/mol. The van der Waals surface area contributed by atoms with Gasteiger partial charge >= 0.3 is 0 Å². The van der Waals surface area contributed by atoms with Crippen molar-refractivity contribution in [1.82, 2.24) is 5.16 Å². The molecule has 118 valence electrons. The van der Waals surface area contributed by atoms with E-state index in [2.05, 4.69) is 15.0 Å². The molecule has 4 nitrogen and oxygen atoms in total. The first-order valence-corrected chi connectivity index (χ1v) is 8.27. The van der Waals surface area contributed by atoms with Crippen LogP contribution in [-0.4, -0.2) is 31.3 Å². The van der Waals surface area contributed by atoms with Gasteiger partial charge in [0.15, 0.2) is 11.4 Å². The van der Waals surface area contributed by atoms with Crippen molar-refractivity contribution in [3.63, 3.8) is 0 Å². The summed E-state index contributed by atoms with van der Waals surface area (Å²) in [6.07, 6.45) is 0. The molecule has 0 bridgehead atoms. The lowest BCUT2D eigenvalue weighted by Gasteiger charge is -2.36. The molecule has 3 aromatic rings. The van der Waals surface area contributed by atoms with E-state index in [0.717, 1.165) is 48.7 Å². The number of benzene rings is 2. The summed E-state index contributed by atoms with van der Waals surface area (Å²) >= 11 is 12.2. The third kappa shape index (κ3) is 2.84. The maximum Gasteiger partial charge on any atom is 0.180 e. The summed E-state index contributed by atoms with van der Waals surface area (Å²) in [5.74, 6) is 0.921. The Morgan fingerprint density at radius 3 is 2.26 bits per heavy atom. The van der Waals surface area contributed by atoms with E-state index >= 15 is 0 Å². The standard InChI is InChI=1S/C17H15Cl2N3O/c18-12-9-13(19)11-14(10-12)21-5-7-22(8-6-21)17-15-3-1-2-4-16(15)23-20-17/h1-4,9-11H,5-8H2. The average Bonchev–Trinajstić information content (AvgIpc) is 2.98. The van der Waals surface area contributed by atoms with Crippen molar-refractivity contribution >= 4 is 45.7 Å². The SMILES string of the molecule is Clc1cc(Cl)cc(N2CCN(c3noc4ccccc34)CC2)c1. The Morgan fingerprint density at radius 2 is 1.52 bits per heavy atom. The number of para-hydroxylation sites is 1. The molecule has 0 N–H and O–H groups in total. The third-order valence-electron chi connectivity index (χ3n) is 4.15. The van der Waals surface area contributed by atoms with Crippen LogP contribution in [0.3, 0.4) is 0 Å². The minimum atomic E-state index is 0.664. The molecule has 0 atom stereocenters. The summed E-state index contributed by atoms with van der Waals surface area (Å²) < 4.78 is 5.41. The summed E-state index contributed by atoms with van der Waals surface area (Å²) in [5, 5.41) is 6.63. The van der Waals surface area contributed by atoms with Crippen molar-refractivity contribution in [2.24, 2.45) is 0 Å². The quantitative estimate of drug-likeness (QED) is 0.684. The number of hydrogen-bond acceptors (Lipinski definition) is 4. The Hall–Kier alpha value is -1.91. The third-order valence-corrected chi connectivity index (χ3v) is 4.59. The minimum Gasteiger partial charge on any atom is -0.368 e. The molecule has 2 heterocycles. The molecule has 0 unspecified atom stereocenters. The highest BCUT2D eigenvalue weighted by Gasteiger charge is 2.22. The van der Waals surface area contributed by atoms with Crippen molar-refractivity contribution in [3.8, 4) is 0 Å². The summed E-state index contributed by atoms with van der Waals surface area (Å²) in [6, 6.07) is 13.6. The van der Waals surface area contributed by atoms with Gasteiger partial charge in [-0.2, -0.15) is 0 Å². The second-order valence-electron chi connectivity index (χ2n) is 5.60. The lowest BCUT2D eigenvalue weighted by molar-refractivity contribution is 0.453. The van der Waals surface area contributed by atoms with Crippen molar-refractivity contribution in [3.05, 3.63) is 52.5 Å². The molecule has 1 fully saturated rings. The van der Waals surface area contributed by atoms with Crippen LogP contribution >= 0.6 is 23.2 Å². The fourth-order valence-electron chi connectivity index (χ4n) is 3.00. The van der Waals surface area contributed by atoms with E-state index in [4.69, 9.17) is 27.7 Å². The number of nitrogens with zero attached hydrogens (tertiary/aromatic N) is 3. The van der Waals surface area contributed by atoms with Crippen LogP contribution < -0.4 is 9.80 Å². The van der Waals surface area contributed by atoms with Gasteiger partial charge < -0.3 is 14.3 Å². The van der Waals surface area contributed by atoms with Gasteiger partial charge in [-0.05, 0) is 30.3 Å². The molecule has 4 rings (SSSR count). The van der Waals surface area contributed by atoms with Crippen LogP contribution in [0, 0.1) is 0 Å². The molecule has 2 aromatic carbocycles. The fraction of sp³-hybridized carbons (Fsp3) is 0.235. The first-order chi connectivity index (χ1) is 11.2. The van der Waals surface area contributed by atoms with Gasteiger partial charge in [0.05, 0.1) is 5.39 Å². The predicted octanol–water partition coefficient (Wildman–Crippen LogP) is 4.46. The summed E-state index contributed by atoms with van der Waals surface area (Å²) in [7, 11) is 0. The maximum atomic E-state index is 6.10. The summed E-state index contributed by atoms with van der Waals surface area (Å²) in [4.78, 5) is 4.55. The molecule has 0 radical (unpaired) electrons. The van der Waals surface area contributed by atoms with E-state index in [1.807, 2.05) is 36.4 Å². The van der Waals surface area contributed by atoms with Gasteiger partial charge in [-0.1, -0.05) is 40.5 Å². The van der Waals surface area contributed by atoms with Crippen LogP contribution in [0.25, 0.3) is 11.0 Å². The molecule has 1 aromatic heterocycles. The molecule has 6 heteroatoms. The first kappa shape index (κ1) is 14.7. The number of halogens is 2. The van der Waals surface area contributed by atoms with Crippen LogP contribution in [0.5, 0.6) is 0 Å². The molecule has 23 heavy (non-hydrogen) atoms. The molecular formula is C17H15Cl2N3O. The van der Waals surface area contributed by atoms with Gasteiger partial charge in [-0.3, -0.25) is 0 Å². The van der Waals surface area contributed by atoms with Crippen molar-refractivity contribution < 1.29 is 4.52 Å². The number of piperazine rings is 1. The Balaban J connectivity index is 1.53. The molecule has 0 aliphatic carbocycles. The van der Waals surface area contributed by atoms with Crippen molar-refractivity contribution in [1.29, 1.82) is 0 Å². The lowest BCUT2D eigenvalue weighted by atomic mass is 10.2. The zero-order valence-corrected chi connectivity index (χ0v) is 13.9. The Bertz CT molecular complexity index is 820. The van der Waals surface area contributed by atoms with Gasteiger partial charge in [0.2, 0.25) is 0 Å². The van der Waals surface area contributed by atoms with Gasteiger partial charge in [0.25, 0.3) is 0 Å². The normalized spacial score (nSPS) is 15.4. The van der Waals surface area contributed by atoms with E-state index in [-0.39, 0.29) is 0 Å². The smallest absolute Gasteiger partial charge is 0.180 e. The molecule has 1 aliphatic rings. The second kappa shape index (κ2) is 5.95. The second-order valence-corrected chi connectivity index (χ2v) is 6.48. The first-order valence-electron chi connectivity index (χ1n) is 7.51. The van der Waals surface area contributed by atoms with Crippen molar-refractivity contribution in [2.45, 2.75) is 0 Å². The number of anilines is 2. The molecule has 0 amide bonds. The van der Waals surface area contributed by atoms with E-state index in [0.29, 0.717) is 10.0 Å². The van der Waals surface area contributed by atoms with Crippen LogP contribution in [-0.2, 0) is 0 Å². The molecule has 0 saturated carbocycles. The predicted molar refractivity (Wildman–Crippen MR) is 94.9 cm³/mol.